The summed E-state index contributed by atoms with van der Waals surface area (Å²) in [5.41, 5.74) is -0.756. The number of aliphatic hydroxyl groups excluding tert-OH is 1. The number of hydrogen-bond donors (Lipinski definition) is 2. The molecule has 3 aliphatic rings. The second-order valence-electron chi connectivity index (χ2n) is 12.2. The van der Waals surface area contributed by atoms with Crippen molar-refractivity contribution in [1.29, 1.82) is 5.26 Å². The first-order valence-electron chi connectivity index (χ1n) is 15.1. The number of amides is 1. The molecule has 0 spiro atoms. The molecular formula is C34H37Cl2FN4O4. The van der Waals surface area contributed by atoms with Crippen LogP contribution in [0.5, 0.6) is 0 Å². The largest absolute Gasteiger partial charge is 0.395 e. The minimum Gasteiger partial charge on any atom is -0.395 e. The van der Waals surface area contributed by atoms with Crippen molar-refractivity contribution in [3.63, 3.8) is 0 Å². The van der Waals surface area contributed by atoms with Crippen molar-refractivity contribution in [3.05, 3.63) is 99.0 Å². The summed E-state index contributed by atoms with van der Waals surface area (Å²) in [4.78, 5) is 21.5. The van der Waals surface area contributed by atoms with E-state index in [0.29, 0.717) is 48.5 Å². The van der Waals surface area contributed by atoms with E-state index in [4.69, 9.17) is 27.9 Å². The number of aromatic nitrogens is 1. The molecule has 2 N–H and O–H groups in total. The van der Waals surface area contributed by atoms with Gasteiger partial charge in [0.15, 0.2) is 6.23 Å². The van der Waals surface area contributed by atoms with Gasteiger partial charge in [-0.25, -0.2) is 4.39 Å². The van der Waals surface area contributed by atoms with Gasteiger partial charge in [-0.15, -0.1) is 0 Å². The molecule has 11 heteroatoms. The summed E-state index contributed by atoms with van der Waals surface area (Å²) < 4.78 is 21.9. The fraction of sp³-hybridized carbons (Fsp3) is 0.441. The highest BCUT2D eigenvalue weighted by molar-refractivity contribution is 6.30. The molecule has 1 aromatic heterocycles. The normalized spacial score (nSPS) is 20.5. The van der Waals surface area contributed by atoms with Crippen LogP contribution in [-0.4, -0.2) is 63.8 Å². The predicted molar refractivity (Wildman–Crippen MR) is 169 cm³/mol. The Bertz CT molecular complexity index is 1520. The lowest BCUT2D eigenvalue weighted by atomic mass is 9.76. The lowest BCUT2D eigenvalue weighted by Crippen LogP contribution is -2.43. The highest BCUT2D eigenvalue weighted by atomic mass is 35.5. The quantitative estimate of drug-likeness (QED) is 0.287. The van der Waals surface area contributed by atoms with Gasteiger partial charge in [0.25, 0.3) is 5.91 Å². The molecule has 3 heterocycles. The molecule has 1 saturated heterocycles. The number of benzene rings is 2. The molecule has 1 aliphatic carbocycles. The molecule has 1 saturated carbocycles. The maximum Gasteiger partial charge on any atom is 0.257 e. The van der Waals surface area contributed by atoms with Crippen molar-refractivity contribution < 1.29 is 24.1 Å². The number of nitriles is 1. The molecule has 2 fully saturated rings. The summed E-state index contributed by atoms with van der Waals surface area (Å²) in [5, 5.41) is 31.5. The fourth-order valence-corrected chi connectivity index (χ4v) is 6.20. The molecule has 0 radical (unpaired) electrons. The number of rotatable bonds is 9. The number of β-amino-alcohol motifs (C(OH)–C–C–N with tert-alkyl or cyclic N) is 1. The fourth-order valence-electron chi connectivity index (χ4n) is 5.95. The van der Waals surface area contributed by atoms with Gasteiger partial charge in [0, 0.05) is 23.3 Å². The Morgan fingerprint density at radius 1 is 1.13 bits per heavy atom. The zero-order valence-corrected chi connectivity index (χ0v) is 26.6. The lowest BCUT2D eigenvalue weighted by molar-refractivity contribution is -0.0554. The third-order valence-electron chi connectivity index (χ3n) is 9.00. The van der Waals surface area contributed by atoms with Crippen molar-refractivity contribution in [2.24, 2.45) is 11.3 Å². The molecule has 8 nitrogen and oxygen atoms in total. The zero-order chi connectivity index (χ0) is 32.2. The SMILES string of the molecule is CC(O)(c1cc(F)c2c(c1)C(=O)N(Cc1ccc(Cl)cn1)C2OCC1(C#N)CC1)C1CCN(CCO)CC1.Clc1ccccc1. The number of nitrogens with zero attached hydrogens (tertiary/aromatic N) is 4. The summed E-state index contributed by atoms with van der Waals surface area (Å²) >= 11 is 11.5. The predicted octanol–water partition coefficient (Wildman–Crippen LogP) is 6.10. The Hall–Kier alpha value is -3.10. The lowest BCUT2D eigenvalue weighted by Gasteiger charge is -2.40. The van der Waals surface area contributed by atoms with Crippen LogP contribution in [0.2, 0.25) is 10.0 Å². The minimum atomic E-state index is -1.35. The molecule has 0 bridgehead atoms. The summed E-state index contributed by atoms with van der Waals surface area (Å²) in [6.07, 6.45) is 3.26. The smallest absolute Gasteiger partial charge is 0.257 e. The van der Waals surface area contributed by atoms with Gasteiger partial charge in [0.1, 0.15) is 5.82 Å². The van der Waals surface area contributed by atoms with E-state index in [-0.39, 0.29) is 36.8 Å². The first kappa shape index (κ1) is 33.3. The molecule has 45 heavy (non-hydrogen) atoms. The summed E-state index contributed by atoms with van der Waals surface area (Å²) in [6, 6.07) is 18.0. The topological polar surface area (TPSA) is 110 Å². The van der Waals surface area contributed by atoms with Gasteiger partial charge in [-0.1, -0.05) is 41.4 Å². The number of pyridine rings is 1. The van der Waals surface area contributed by atoms with Crippen molar-refractivity contribution in [1.82, 2.24) is 14.8 Å². The van der Waals surface area contributed by atoms with Crippen LogP contribution in [0.15, 0.2) is 60.8 Å². The van der Waals surface area contributed by atoms with Gasteiger partial charge >= 0.3 is 0 Å². The van der Waals surface area contributed by atoms with Gasteiger partial charge < -0.3 is 24.7 Å². The molecule has 6 rings (SSSR count). The molecule has 2 atom stereocenters. The second-order valence-corrected chi connectivity index (χ2v) is 13.0. The Morgan fingerprint density at radius 3 is 2.40 bits per heavy atom. The van der Waals surface area contributed by atoms with E-state index in [2.05, 4.69) is 16.0 Å². The number of likely N-dealkylation sites (tertiary alicyclic amines) is 1. The van der Waals surface area contributed by atoms with E-state index in [1.807, 2.05) is 30.3 Å². The van der Waals surface area contributed by atoms with Crippen LogP contribution in [0.4, 0.5) is 4.39 Å². The summed E-state index contributed by atoms with van der Waals surface area (Å²) in [6.45, 7) is 3.97. The molecule has 2 unspecified atom stereocenters. The van der Waals surface area contributed by atoms with Crippen molar-refractivity contribution >= 4 is 29.1 Å². The van der Waals surface area contributed by atoms with Gasteiger partial charge in [0.2, 0.25) is 0 Å². The number of halogens is 3. The standard InChI is InChI=1S/C28H32ClFN4O4.C6H5Cl/c1-27(37,18-4-8-33(9-5-18)10-11-35)19-12-22-24(23(30)13-19)26(38-17-28(16-31)6-7-28)34(25(22)36)15-21-3-2-20(29)14-32-21;7-6-4-2-1-3-5-6/h2-3,12-14,18,26,35,37H,4-11,15,17H2,1H3;1-5H. The number of hydrogen-bond acceptors (Lipinski definition) is 7. The van der Waals surface area contributed by atoms with Crippen LogP contribution in [0.25, 0.3) is 0 Å². The van der Waals surface area contributed by atoms with Crippen LogP contribution >= 0.6 is 23.2 Å². The molecule has 1 amide bonds. The highest BCUT2D eigenvalue weighted by Crippen LogP contribution is 2.48. The summed E-state index contributed by atoms with van der Waals surface area (Å²) in [5.74, 6) is -1.17. The Balaban J connectivity index is 0.000000505. The van der Waals surface area contributed by atoms with Crippen molar-refractivity contribution in [2.75, 3.05) is 32.8 Å². The number of carbonyl (C=O) groups excluding carboxylic acids is 1. The average Bonchev–Trinajstić information content (AvgIpc) is 3.77. The van der Waals surface area contributed by atoms with Crippen molar-refractivity contribution in [2.45, 2.75) is 51.0 Å². The van der Waals surface area contributed by atoms with Gasteiger partial charge in [-0.3, -0.25) is 9.78 Å². The third-order valence-corrected chi connectivity index (χ3v) is 9.47. The van der Waals surface area contributed by atoms with E-state index >= 15 is 4.39 Å². The number of piperidine rings is 1. The van der Waals surface area contributed by atoms with Crippen LogP contribution in [-0.2, 0) is 16.9 Å². The van der Waals surface area contributed by atoms with E-state index in [0.717, 1.165) is 18.1 Å². The monoisotopic (exact) mass is 654 g/mol. The molecular weight excluding hydrogens is 618 g/mol. The van der Waals surface area contributed by atoms with Gasteiger partial charge in [-0.05, 0) is 93.6 Å². The number of aliphatic hydroxyl groups is 2. The average molecular weight is 656 g/mol. The van der Waals surface area contributed by atoms with Gasteiger partial charge in [-0.2, -0.15) is 5.26 Å². The molecule has 2 aliphatic heterocycles. The maximum atomic E-state index is 15.8. The first-order chi connectivity index (χ1) is 21.6. The Morgan fingerprint density at radius 2 is 1.84 bits per heavy atom. The van der Waals surface area contributed by atoms with Crippen LogP contribution < -0.4 is 0 Å². The van der Waals surface area contributed by atoms with Crippen LogP contribution in [0.3, 0.4) is 0 Å². The van der Waals surface area contributed by atoms with E-state index in [9.17, 15) is 20.3 Å². The zero-order valence-electron chi connectivity index (χ0n) is 25.1. The number of ether oxygens (including phenoxy) is 1. The minimum absolute atomic E-state index is 0.0728. The molecule has 3 aromatic rings. The Kier molecular flexibility index (Phi) is 10.4. The number of carbonyl (C=O) groups is 1. The molecule has 238 valence electrons. The maximum absolute atomic E-state index is 15.8. The second kappa shape index (κ2) is 14.1. The molecule has 2 aromatic carbocycles. The number of fused-ring (bicyclic) bond motifs is 1. The third kappa shape index (κ3) is 7.66. The van der Waals surface area contributed by atoms with E-state index in [1.165, 1.54) is 17.2 Å². The highest BCUT2D eigenvalue weighted by Gasteiger charge is 2.48. The van der Waals surface area contributed by atoms with Crippen molar-refractivity contribution in [3.8, 4) is 6.07 Å². The van der Waals surface area contributed by atoms with E-state index < -0.39 is 29.0 Å². The first-order valence-corrected chi connectivity index (χ1v) is 15.9. The van der Waals surface area contributed by atoms with Gasteiger partial charge in [0.05, 0.1) is 53.1 Å². The van der Waals surface area contributed by atoms with Crippen LogP contribution in [0, 0.1) is 28.5 Å². The summed E-state index contributed by atoms with van der Waals surface area (Å²) in [7, 11) is 0. The van der Waals surface area contributed by atoms with Crippen LogP contribution in [0.1, 0.15) is 66.0 Å². The Labute approximate surface area is 273 Å². The van der Waals surface area contributed by atoms with E-state index in [1.54, 1.807) is 25.1 Å².